The molecule has 2 aliphatic heterocycles. The standard InChI is InChI=1S/C26H25N5O4S/c1-16-5-7-18(8-6-16)24-22(12-31(29-24)20-13-36(33,34)14-20)25-21-10-23(35-26(21)28-15-27-25)19-4-3-9-30(11-19)17(2)32/h5-8,10-12,15,20H,3-4,9,13-14H2,1-2H3. The van der Waals surface area contributed by atoms with Crippen LogP contribution in [0.2, 0.25) is 0 Å². The molecule has 4 aromatic rings. The molecule has 36 heavy (non-hydrogen) atoms. The smallest absolute Gasteiger partial charge is 0.230 e. The number of allylic oxidation sites excluding steroid dienone is 1. The number of hydrogen-bond donors (Lipinski definition) is 0. The second-order valence-corrected chi connectivity index (χ2v) is 11.6. The molecule has 3 aromatic heterocycles. The van der Waals surface area contributed by atoms with E-state index in [2.05, 4.69) is 9.97 Å². The zero-order valence-electron chi connectivity index (χ0n) is 20.0. The van der Waals surface area contributed by atoms with Crippen molar-refractivity contribution in [1.29, 1.82) is 0 Å². The maximum Gasteiger partial charge on any atom is 0.230 e. The summed E-state index contributed by atoms with van der Waals surface area (Å²) in [6.45, 7) is 4.27. The van der Waals surface area contributed by atoms with Crippen LogP contribution in [0.15, 0.2) is 53.5 Å². The molecular weight excluding hydrogens is 478 g/mol. The predicted molar refractivity (Wildman–Crippen MR) is 135 cm³/mol. The number of fused-ring (bicyclic) bond motifs is 1. The fourth-order valence-electron chi connectivity index (χ4n) is 4.79. The van der Waals surface area contributed by atoms with Gasteiger partial charge in [0.1, 0.15) is 17.8 Å². The number of benzene rings is 1. The quantitative estimate of drug-likeness (QED) is 0.414. The van der Waals surface area contributed by atoms with E-state index in [-0.39, 0.29) is 23.5 Å². The van der Waals surface area contributed by atoms with Crippen LogP contribution in [0.25, 0.3) is 39.2 Å². The molecule has 0 spiro atoms. The molecule has 0 atom stereocenters. The van der Waals surface area contributed by atoms with Crippen molar-refractivity contribution in [3.63, 3.8) is 0 Å². The van der Waals surface area contributed by atoms with Gasteiger partial charge in [-0.2, -0.15) is 5.10 Å². The molecule has 184 valence electrons. The van der Waals surface area contributed by atoms with Crippen molar-refractivity contribution >= 4 is 32.4 Å². The van der Waals surface area contributed by atoms with Gasteiger partial charge in [0.15, 0.2) is 9.84 Å². The minimum atomic E-state index is -3.01. The summed E-state index contributed by atoms with van der Waals surface area (Å²) in [6.07, 6.45) is 6.85. The van der Waals surface area contributed by atoms with Gasteiger partial charge in [0, 0.05) is 42.6 Å². The lowest BCUT2D eigenvalue weighted by Crippen LogP contribution is -2.38. The van der Waals surface area contributed by atoms with Crippen LogP contribution < -0.4 is 0 Å². The van der Waals surface area contributed by atoms with E-state index in [0.29, 0.717) is 23.7 Å². The number of hydrogen-bond acceptors (Lipinski definition) is 7. The zero-order chi connectivity index (χ0) is 25.0. The van der Waals surface area contributed by atoms with Crippen molar-refractivity contribution in [3.05, 3.63) is 60.4 Å². The maximum atomic E-state index is 11.9. The Hall–Kier alpha value is -3.79. The molecule has 5 heterocycles. The zero-order valence-corrected chi connectivity index (χ0v) is 20.8. The molecule has 1 aromatic carbocycles. The summed E-state index contributed by atoms with van der Waals surface area (Å²) in [5, 5.41) is 5.55. The topological polar surface area (TPSA) is 111 Å². The van der Waals surface area contributed by atoms with E-state index in [1.165, 1.54) is 6.33 Å². The number of amides is 1. The van der Waals surface area contributed by atoms with Gasteiger partial charge in [-0.25, -0.2) is 18.4 Å². The van der Waals surface area contributed by atoms with Crippen LogP contribution in [0.4, 0.5) is 0 Å². The Balaban J connectivity index is 1.48. The molecule has 1 amide bonds. The highest BCUT2D eigenvalue weighted by Crippen LogP contribution is 2.38. The van der Waals surface area contributed by atoms with Gasteiger partial charge in [-0.15, -0.1) is 0 Å². The number of nitrogens with zero attached hydrogens (tertiary/aromatic N) is 5. The molecule has 0 aliphatic carbocycles. The van der Waals surface area contributed by atoms with E-state index in [4.69, 9.17) is 9.52 Å². The lowest BCUT2D eigenvalue weighted by Gasteiger charge is -2.25. The number of carbonyl (C=O) groups is 1. The molecule has 2 aliphatic rings. The molecule has 6 rings (SSSR count). The SMILES string of the molecule is CC(=O)N1C=C(c2cc3c(-c4cn(C5CS(=O)(=O)C5)nc4-c4ccc(C)cc4)ncnc3o2)CCC1. The average molecular weight is 504 g/mol. The summed E-state index contributed by atoms with van der Waals surface area (Å²) in [4.78, 5) is 22.5. The Kier molecular flexibility index (Phi) is 5.29. The molecule has 1 fully saturated rings. The monoisotopic (exact) mass is 503 g/mol. The summed E-state index contributed by atoms with van der Waals surface area (Å²) < 4.78 is 31.5. The van der Waals surface area contributed by atoms with E-state index in [1.807, 2.05) is 49.7 Å². The number of sulfone groups is 1. The predicted octanol–water partition coefficient (Wildman–Crippen LogP) is 4.01. The minimum absolute atomic E-state index is 0.00282. The first kappa shape index (κ1) is 22.7. The van der Waals surface area contributed by atoms with Gasteiger partial charge in [-0.05, 0) is 25.8 Å². The third-order valence-electron chi connectivity index (χ3n) is 6.79. The molecule has 0 N–H and O–H groups in total. The number of furan rings is 1. The first-order chi connectivity index (χ1) is 17.3. The highest BCUT2D eigenvalue weighted by molar-refractivity contribution is 7.92. The Labute approximate surface area is 208 Å². The van der Waals surface area contributed by atoms with E-state index in [0.717, 1.165) is 46.2 Å². The van der Waals surface area contributed by atoms with Crippen molar-refractivity contribution < 1.29 is 17.6 Å². The Morgan fingerprint density at radius 2 is 1.89 bits per heavy atom. The van der Waals surface area contributed by atoms with Gasteiger partial charge in [-0.3, -0.25) is 9.48 Å². The number of rotatable bonds is 4. The van der Waals surface area contributed by atoms with Crippen molar-refractivity contribution in [1.82, 2.24) is 24.6 Å². The van der Waals surface area contributed by atoms with Crippen molar-refractivity contribution in [2.75, 3.05) is 18.1 Å². The summed E-state index contributed by atoms with van der Waals surface area (Å²) in [7, 11) is -3.01. The molecule has 1 saturated heterocycles. The van der Waals surface area contributed by atoms with E-state index in [1.54, 1.807) is 16.5 Å². The van der Waals surface area contributed by atoms with E-state index in [9.17, 15) is 13.2 Å². The number of carbonyl (C=O) groups excluding carboxylic acids is 1. The van der Waals surface area contributed by atoms with Crippen LogP contribution in [0, 0.1) is 6.92 Å². The summed E-state index contributed by atoms with van der Waals surface area (Å²) >= 11 is 0. The molecule has 0 unspecified atom stereocenters. The molecule has 0 saturated carbocycles. The average Bonchev–Trinajstić information content (AvgIpc) is 3.48. The van der Waals surface area contributed by atoms with Crippen molar-refractivity contribution in [3.8, 4) is 22.5 Å². The highest BCUT2D eigenvalue weighted by Gasteiger charge is 2.36. The lowest BCUT2D eigenvalue weighted by atomic mass is 10.0. The molecule has 0 bridgehead atoms. The van der Waals surface area contributed by atoms with Crippen LogP contribution >= 0.6 is 0 Å². The van der Waals surface area contributed by atoms with Crippen LogP contribution in [0.3, 0.4) is 0 Å². The van der Waals surface area contributed by atoms with E-state index < -0.39 is 9.84 Å². The Morgan fingerprint density at radius 1 is 1.11 bits per heavy atom. The van der Waals surface area contributed by atoms with Gasteiger partial charge in [-0.1, -0.05) is 29.8 Å². The number of aryl methyl sites for hydroxylation is 1. The number of aromatic nitrogens is 4. The summed E-state index contributed by atoms with van der Waals surface area (Å²) in [6, 6.07) is 9.78. The van der Waals surface area contributed by atoms with Gasteiger partial charge >= 0.3 is 0 Å². The van der Waals surface area contributed by atoms with E-state index >= 15 is 0 Å². The second-order valence-electron chi connectivity index (χ2n) is 9.49. The summed E-state index contributed by atoms with van der Waals surface area (Å²) in [5.74, 6) is 0.818. The third kappa shape index (κ3) is 4.01. The van der Waals surface area contributed by atoms with Crippen LogP contribution in [-0.4, -0.2) is 57.0 Å². The van der Waals surface area contributed by atoms with Crippen LogP contribution in [-0.2, 0) is 14.6 Å². The molecule has 9 nitrogen and oxygen atoms in total. The first-order valence-electron chi connectivity index (χ1n) is 11.9. The molecule has 0 radical (unpaired) electrons. The largest absolute Gasteiger partial charge is 0.438 e. The fraction of sp³-hybridized carbons (Fsp3) is 0.308. The highest BCUT2D eigenvalue weighted by atomic mass is 32.2. The van der Waals surface area contributed by atoms with Crippen LogP contribution in [0.1, 0.15) is 37.1 Å². The van der Waals surface area contributed by atoms with Crippen LogP contribution in [0.5, 0.6) is 0 Å². The molecular formula is C26H25N5O4S. The lowest BCUT2D eigenvalue weighted by molar-refractivity contribution is -0.126. The Morgan fingerprint density at radius 3 is 2.61 bits per heavy atom. The second kappa shape index (κ2) is 8.41. The van der Waals surface area contributed by atoms with Gasteiger partial charge in [0.25, 0.3) is 0 Å². The summed E-state index contributed by atoms with van der Waals surface area (Å²) in [5.41, 5.74) is 5.61. The van der Waals surface area contributed by atoms with Crippen molar-refractivity contribution in [2.24, 2.45) is 0 Å². The molecule has 10 heteroatoms. The maximum absolute atomic E-state index is 11.9. The third-order valence-corrected chi connectivity index (χ3v) is 8.57. The fourth-order valence-corrected chi connectivity index (χ4v) is 6.17. The van der Waals surface area contributed by atoms with Gasteiger partial charge < -0.3 is 9.32 Å². The Bertz CT molecular complexity index is 1620. The normalized spacial score (nSPS) is 17.7. The minimum Gasteiger partial charge on any atom is -0.438 e. The van der Waals surface area contributed by atoms with Gasteiger partial charge in [0.05, 0.1) is 28.6 Å². The first-order valence-corrected chi connectivity index (χ1v) is 13.7. The van der Waals surface area contributed by atoms with Gasteiger partial charge in [0.2, 0.25) is 11.6 Å². The van der Waals surface area contributed by atoms with Crippen molar-refractivity contribution in [2.45, 2.75) is 32.7 Å².